The highest BCUT2D eigenvalue weighted by Crippen LogP contribution is 2.34. The predicted molar refractivity (Wildman–Crippen MR) is 68.7 cm³/mol. The molecule has 0 bridgehead atoms. The van der Waals surface area contributed by atoms with E-state index in [1.165, 1.54) is 41.2 Å². The Bertz CT molecular complexity index is 516. The van der Waals surface area contributed by atoms with Crippen LogP contribution in [0.5, 0.6) is 0 Å². The van der Waals surface area contributed by atoms with Crippen molar-refractivity contribution in [2.75, 3.05) is 7.05 Å². The van der Waals surface area contributed by atoms with Gasteiger partial charge in [0.2, 0.25) is 0 Å². The van der Waals surface area contributed by atoms with Crippen molar-refractivity contribution < 1.29 is 0 Å². The fourth-order valence-electron chi connectivity index (χ4n) is 2.90. The van der Waals surface area contributed by atoms with Gasteiger partial charge in [-0.05, 0) is 48.2 Å². The summed E-state index contributed by atoms with van der Waals surface area (Å²) in [6.07, 6.45) is 3.80. The summed E-state index contributed by atoms with van der Waals surface area (Å²) in [5.41, 5.74) is 3.07. The van der Waals surface area contributed by atoms with Gasteiger partial charge < -0.3 is 5.32 Å². The van der Waals surface area contributed by atoms with E-state index in [4.69, 9.17) is 0 Å². The van der Waals surface area contributed by atoms with Gasteiger partial charge in [-0.25, -0.2) is 0 Å². The van der Waals surface area contributed by atoms with Crippen LogP contribution in [0.25, 0.3) is 10.8 Å². The second kappa shape index (κ2) is 3.91. The first kappa shape index (κ1) is 9.86. The molecule has 82 valence electrons. The topological polar surface area (TPSA) is 12.0 Å². The maximum absolute atomic E-state index is 3.45. The van der Waals surface area contributed by atoms with Gasteiger partial charge in [0, 0.05) is 6.04 Å². The molecule has 1 nitrogen and oxygen atoms in total. The van der Waals surface area contributed by atoms with E-state index in [1.54, 1.807) is 0 Å². The average Bonchev–Trinajstić information content (AvgIpc) is 2.37. The van der Waals surface area contributed by atoms with E-state index < -0.39 is 0 Å². The van der Waals surface area contributed by atoms with Gasteiger partial charge in [-0.1, -0.05) is 36.4 Å². The molecule has 2 aromatic rings. The summed E-state index contributed by atoms with van der Waals surface area (Å²) in [5.74, 6) is 0. The number of aryl methyl sites for hydroxylation is 1. The summed E-state index contributed by atoms with van der Waals surface area (Å²) in [7, 11) is 2.07. The third-order valence-electron chi connectivity index (χ3n) is 3.70. The third kappa shape index (κ3) is 1.43. The van der Waals surface area contributed by atoms with Gasteiger partial charge in [0.15, 0.2) is 0 Å². The van der Waals surface area contributed by atoms with Gasteiger partial charge in [-0.2, -0.15) is 0 Å². The summed E-state index contributed by atoms with van der Waals surface area (Å²) in [4.78, 5) is 0. The van der Waals surface area contributed by atoms with Gasteiger partial charge in [0.1, 0.15) is 0 Å². The summed E-state index contributed by atoms with van der Waals surface area (Å²) >= 11 is 0. The van der Waals surface area contributed by atoms with Gasteiger partial charge in [-0.3, -0.25) is 0 Å². The Labute approximate surface area is 96.5 Å². The van der Waals surface area contributed by atoms with Crippen LogP contribution in [0.4, 0.5) is 0 Å². The molecule has 0 radical (unpaired) electrons. The van der Waals surface area contributed by atoms with Gasteiger partial charge in [0.25, 0.3) is 0 Å². The Morgan fingerprint density at radius 1 is 1.12 bits per heavy atom. The van der Waals surface area contributed by atoms with Crippen LogP contribution in [0.3, 0.4) is 0 Å². The van der Waals surface area contributed by atoms with Crippen molar-refractivity contribution in [3.63, 3.8) is 0 Å². The molecule has 0 aliphatic heterocycles. The Balaban J connectivity index is 2.30. The molecule has 3 rings (SSSR count). The molecule has 1 heteroatoms. The molecule has 0 fully saturated rings. The van der Waals surface area contributed by atoms with Crippen LogP contribution >= 0.6 is 0 Å². The molecule has 0 amide bonds. The van der Waals surface area contributed by atoms with Gasteiger partial charge in [0.05, 0.1) is 0 Å². The first-order valence-electron chi connectivity index (χ1n) is 6.08. The molecular weight excluding hydrogens is 194 g/mol. The van der Waals surface area contributed by atoms with Crippen LogP contribution in [0.15, 0.2) is 36.4 Å². The van der Waals surface area contributed by atoms with Gasteiger partial charge >= 0.3 is 0 Å². The molecule has 2 aromatic carbocycles. The molecule has 0 saturated carbocycles. The molecule has 1 N–H and O–H groups in total. The summed E-state index contributed by atoms with van der Waals surface area (Å²) < 4.78 is 0. The predicted octanol–water partition coefficient (Wildman–Crippen LogP) is 3.44. The molecular formula is C15H17N. The summed E-state index contributed by atoms with van der Waals surface area (Å²) in [5, 5.41) is 6.25. The Kier molecular flexibility index (Phi) is 2.41. The average molecular weight is 211 g/mol. The van der Waals surface area contributed by atoms with E-state index in [0.717, 1.165) is 0 Å². The fraction of sp³-hybridized carbons (Fsp3) is 0.333. The van der Waals surface area contributed by atoms with Crippen LogP contribution in [0.2, 0.25) is 0 Å². The number of fused-ring (bicyclic) bond motifs is 3. The number of nitrogens with one attached hydrogen (secondary N) is 1. The quantitative estimate of drug-likeness (QED) is 0.762. The normalized spacial score (nSPS) is 19.7. The van der Waals surface area contributed by atoms with E-state index in [-0.39, 0.29) is 0 Å². The Morgan fingerprint density at radius 2 is 2.00 bits per heavy atom. The van der Waals surface area contributed by atoms with Crippen molar-refractivity contribution in [1.29, 1.82) is 0 Å². The largest absolute Gasteiger partial charge is 0.313 e. The summed E-state index contributed by atoms with van der Waals surface area (Å²) in [6.45, 7) is 0. The molecule has 16 heavy (non-hydrogen) atoms. The lowest BCUT2D eigenvalue weighted by Gasteiger charge is -2.26. The second-order valence-electron chi connectivity index (χ2n) is 4.59. The maximum atomic E-state index is 3.45. The zero-order valence-electron chi connectivity index (χ0n) is 9.66. The molecule has 1 atom stereocenters. The minimum atomic E-state index is 0.537. The van der Waals surface area contributed by atoms with Gasteiger partial charge in [-0.15, -0.1) is 0 Å². The minimum absolute atomic E-state index is 0.537. The molecule has 1 aliphatic rings. The number of hydrogen-bond acceptors (Lipinski definition) is 1. The smallest absolute Gasteiger partial charge is 0.0326 e. The lowest BCUT2D eigenvalue weighted by atomic mass is 9.84. The lowest BCUT2D eigenvalue weighted by molar-refractivity contribution is 0.500. The van der Waals surface area contributed by atoms with E-state index in [1.807, 2.05) is 0 Å². The van der Waals surface area contributed by atoms with Crippen LogP contribution in [-0.2, 0) is 6.42 Å². The lowest BCUT2D eigenvalue weighted by Crippen LogP contribution is -2.21. The minimum Gasteiger partial charge on any atom is -0.313 e. The number of benzene rings is 2. The van der Waals surface area contributed by atoms with Crippen molar-refractivity contribution in [3.05, 3.63) is 47.5 Å². The van der Waals surface area contributed by atoms with Crippen molar-refractivity contribution >= 4 is 10.8 Å². The molecule has 0 heterocycles. The Hall–Kier alpha value is -1.34. The highest BCUT2D eigenvalue weighted by Gasteiger charge is 2.20. The third-order valence-corrected chi connectivity index (χ3v) is 3.70. The van der Waals surface area contributed by atoms with Crippen molar-refractivity contribution in [1.82, 2.24) is 5.32 Å². The van der Waals surface area contributed by atoms with Crippen LogP contribution < -0.4 is 5.32 Å². The van der Waals surface area contributed by atoms with Crippen LogP contribution in [0, 0.1) is 0 Å². The molecule has 0 saturated heterocycles. The van der Waals surface area contributed by atoms with E-state index in [0.29, 0.717) is 6.04 Å². The standard InChI is InChI=1S/C15H17N/c1-16-14-8-4-6-12-10-9-11-5-2-3-7-13(11)15(12)14/h2-3,5,7,9-10,14,16H,4,6,8H2,1H3/t14-/m0/s1. The molecule has 0 unspecified atom stereocenters. The zero-order chi connectivity index (χ0) is 11.0. The highest BCUT2D eigenvalue weighted by atomic mass is 14.9. The molecule has 0 aromatic heterocycles. The van der Waals surface area contributed by atoms with Crippen LogP contribution in [0.1, 0.15) is 30.0 Å². The van der Waals surface area contributed by atoms with Crippen LogP contribution in [-0.4, -0.2) is 7.05 Å². The SMILES string of the molecule is CN[C@H]1CCCc2ccc3ccccc3c21. The van der Waals surface area contributed by atoms with E-state index in [2.05, 4.69) is 48.8 Å². The fourth-order valence-corrected chi connectivity index (χ4v) is 2.90. The maximum Gasteiger partial charge on any atom is 0.0326 e. The first-order valence-corrected chi connectivity index (χ1v) is 6.08. The second-order valence-corrected chi connectivity index (χ2v) is 4.59. The highest BCUT2D eigenvalue weighted by molar-refractivity contribution is 5.87. The monoisotopic (exact) mass is 211 g/mol. The van der Waals surface area contributed by atoms with E-state index >= 15 is 0 Å². The zero-order valence-corrected chi connectivity index (χ0v) is 9.66. The Morgan fingerprint density at radius 3 is 2.88 bits per heavy atom. The number of hydrogen-bond donors (Lipinski definition) is 1. The summed E-state index contributed by atoms with van der Waals surface area (Å²) in [6, 6.07) is 13.8. The number of rotatable bonds is 1. The van der Waals surface area contributed by atoms with Crippen molar-refractivity contribution in [2.24, 2.45) is 0 Å². The molecule has 1 aliphatic carbocycles. The van der Waals surface area contributed by atoms with E-state index in [9.17, 15) is 0 Å². The molecule has 0 spiro atoms. The van der Waals surface area contributed by atoms with Crippen molar-refractivity contribution in [3.8, 4) is 0 Å². The first-order chi connectivity index (χ1) is 7.90. The van der Waals surface area contributed by atoms with Crippen molar-refractivity contribution in [2.45, 2.75) is 25.3 Å².